The fourth-order valence-corrected chi connectivity index (χ4v) is 1.44. The molecule has 0 aliphatic heterocycles. The minimum absolute atomic E-state index is 0.170. The second-order valence-corrected chi connectivity index (χ2v) is 4.00. The number of hydrazone groups is 1. The Morgan fingerprint density at radius 3 is 2.63 bits per heavy atom. The first kappa shape index (κ1) is 12.7. The van der Waals surface area contributed by atoms with Crippen molar-refractivity contribution in [1.29, 1.82) is 0 Å². The lowest BCUT2D eigenvalue weighted by Gasteiger charge is -1.94. The summed E-state index contributed by atoms with van der Waals surface area (Å²) in [4.78, 5) is 23.5. The molecule has 0 aliphatic rings. The third-order valence-electron chi connectivity index (χ3n) is 2.26. The highest BCUT2D eigenvalue weighted by Crippen LogP contribution is 1.97. The lowest BCUT2D eigenvalue weighted by molar-refractivity contribution is -0.672. The summed E-state index contributed by atoms with van der Waals surface area (Å²) in [5, 5.41) is 6.14. The minimum Gasteiger partial charge on any atom is -0.282 e. The predicted octanol–water partition coefficient (Wildman–Crippen LogP) is 0.370. The summed E-state index contributed by atoms with van der Waals surface area (Å²) in [6, 6.07) is 8.85. The number of nitrogens with one attached hydrogen (secondary N) is 2. The maximum Gasteiger partial charge on any atom is 0.441 e. The van der Waals surface area contributed by atoms with Gasteiger partial charge in [-0.1, -0.05) is 18.2 Å². The second kappa shape index (κ2) is 5.30. The minimum atomic E-state index is -0.759. The summed E-state index contributed by atoms with van der Waals surface area (Å²) in [7, 11) is 0. The summed E-state index contributed by atoms with van der Waals surface area (Å²) in [6.07, 6.45) is 0. The zero-order valence-electron chi connectivity index (χ0n) is 10.5. The number of rotatable bonds is 3. The Hall–Kier alpha value is -2.70. The van der Waals surface area contributed by atoms with Crippen LogP contribution in [-0.4, -0.2) is 16.9 Å². The highest BCUT2D eigenvalue weighted by molar-refractivity contribution is 5.91. The molecule has 1 amide bonds. The molecule has 1 heterocycles. The SMILES string of the molecule is CC(C)=NNC(=O)c1c(=O)o[nH][n+]1-c1ccccc1. The smallest absolute Gasteiger partial charge is 0.282 e. The molecule has 0 spiro atoms. The van der Waals surface area contributed by atoms with Gasteiger partial charge in [-0.2, -0.15) is 5.10 Å². The van der Waals surface area contributed by atoms with Gasteiger partial charge in [0.05, 0.1) is 0 Å². The number of amides is 1. The molecule has 7 nitrogen and oxygen atoms in total. The lowest BCUT2D eigenvalue weighted by atomic mass is 10.3. The number of benzene rings is 1. The van der Waals surface area contributed by atoms with Gasteiger partial charge in [0.15, 0.2) is 0 Å². The number of H-pyrrole nitrogens is 1. The van der Waals surface area contributed by atoms with E-state index in [2.05, 4.69) is 20.3 Å². The maximum absolute atomic E-state index is 11.9. The van der Waals surface area contributed by atoms with Gasteiger partial charge in [-0.05, 0) is 23.8 Å². The monoisotopic (exact) mass is 261 g/mol. The largest absolute Gasteiger partial charge is 0.441 e. The first-order valence-electron chi connectivity index (χ1n) is 5.60. The Morgan fingerprint density at radius 2 is 2.00 bits per heavy atom. The van der Waals surface area contributed by atoms with Gasteiger partial charge in [-0.3, -0.25) is 9.32 Å². The molecule has 0 aliphatic carbocycles. The third kappa shape index (κ3) is 2.76. The summed E-state index contributed by atoms with van der Waals surface area (Å²) >= 11 is 0. The van der Waals surface area contributed by atoms with Crippen molar-refractivity contribution in [1.82, 2.24) is 10.7 Å². The van der Waals surface area contributed by atoms with Crippen LogP contribution in [0.25, 0.3) is 5.69 Å². The van der Waals surface area contributed by atoms with E-state index in [0.29, 0.717) is 11.4 Å². The van der Waals surface area contributed by atoms with Crippen LogP contribution in [0.4, 0.5) is 0 Å². The fourth-order valence-electron chi connectivity index (χ4n) is 1.44. The average Bonchev–Trinajstić information content (AvgIpc) is 2.79. The van der Waals surface area contributed by atoms with Gasteiger partial charge in [0.2, 0.25) is 5.69 Å². The van der Waals surface area contributed by atoms with Crippen molar-refractivity contribution in [2.45, 2.75) is 13.8 Å². The van der Waals surface area contributed by atoms with Gasteiger partial charge in [0.1, 0.15) is 0 Å². The molecule has 0 saturated carbocycles. The van der Waals surface area contributed by atoms with Crippen LogP contribution in [0.15, 0.2) is 44.8 Å². The van der Waals surface area contributed by atoms with Crippen LogP contribution in [0.3, 0.4) is 0 Å². The molecule has 1 aromatic carbocycles. The zero-order valence-corrected chi connectivity index (χ0v) is 10.5. The molecule has 0 unspecified atom stereocenters. The van der Waals surface area contributed by atoms with Crippen LogP contribution in [0.1, 0.15) is 24.3 Å². The predicted molar refractivity (Wildman–Crippen MR) is 67.1 cm³/mol. The Kier molecular flexibility index (Phi) is 3.56. The molecular formula is C12H13N4O3+. The molecule has 0 radical (unpaired) electrons. The van der Waals surface area contributed by atoms with Crippen molar-refractivity contribution in [2.75, 3.05) is 0 Å². The van der Waals surface area contributed by atoms with E-state index < -0.39 is 11.5 Å². The van der Waals surface area contributed by atoms with Crippen molar-refractivity contribution in [3.05, 3.63) is 46.4 Å². The van der Waals surface area contributed by atoms with Gasteiger partial charge in [-0.25, -0.2) is 10.2 Å². The summed E-state index contributed by atoms with van der Waals surface area (Å²) in [5.74, 6) is -0.639. The van der Waals surface area contributed by atoms with Crippen LogP contribution in [0.2, 0.25) is 0 Å². The van der Waals surface area contributed by atoms with E-state index in [4.69, 9.17) is 0 Å². The number of aromatic nitrogens is 2. The topological polar surface area (TPSA) is 91.3 Å². The molecule has 0 fully saturated rings. The van der Waals surface area contributed by atoms with Crippen molar-refractivity contribution in [2.24, 2.45) is 5.10 Å². The average molecular weight is 261 g/mol. The van der Waals surface area contributed by atoms with Gasteiger partial charge >= 0.3 is 17.2 Å². The number of hydrogen-bond donors (Lipinski definition) is 2. The fraction of sp³-hybridized carbons (Fsp3) is 0.167. The number of hydrogen-bond acceptors (Lipinski definition) is 4. The van der Waals surface area contributed by atoms with Crippen LogP contribution >= 0.6 is 0 Å². The number of carbonyl (C=O) groups is 1. The van der Waals surface area contributed by atoms with Gasteiger partial charge in [-0.15, -0.1) is 0 Å². The van der Waals surface area contributed by atoms with Crippen LogP contribution in [-0.2, 0) is 0 Å². The van der Waals surface area contributed by atoms with Gasteiger partial charge in [0, 0.05) is 17.8 Å². The first-order valence-corrected chi connectivity index (χ1v) is 5.60. The molecule has 0 atom stereocenters. The van der Waals surface area contributed by atoms with Crippen LogP contribution < -0.4 is 15.7 Å². The Bertz CT molecular complexity index is 666. The van der Waals surface area contributed by atoms with E-state index >= 15 is 0 Å². The van der Waals surface area contributed by atoms with Crippen molar-refractivity contribution in [3.8, 4) is 5.69 Å². The summed E-state index contributed by atoms with van der Waals surface area (Å²) in [6.45, 7) is 3.45. The van der Waals surface area contributed by atoms with E-state index in [-0.39, 0.29) is 5.69 Å². The standard InChI is InChI=1S/C12H12N4O3/c1-8(2)13-14-11(17)10-12(18)19-15-16(10)9-6-4-3-5-7-9/h3-7H,1-2H3,(H-,14,15,17,18)/p+1. The van der Waals surface area contributed by atoms with Crippen molar-refractivity contribution in [3.63, 3.8) is 0 Å². The molecular weight excluding hydrogens is 248 g/mol. The summed E-state index contributed by atoms with van der Waals surface area (Å²) < 4.78 is 5.91. The van der Waals surface area contributed by atoms with E-state index in [0.717, 1.165) is 0 Å². The third-order valence-corrected chi connectivity index (χ3v) is 2.26. The highest BCUT2D eigenvalue weighted by Gasteiger charge is 2.30. The highest BCUT2D eigenvalue weighted by atomic mass is 16.5. The molecule has 1 aromatic heterocycles. The maximum atomic E-state index is 11.9. The van der Waals surface area contributed by atoms with Crippen molar-refractivity contribution < 1.29 is 14.0 Å². The van der Waals surface area contributed by atoms with E-state index in [1.807, 2.05) is 6.07 Å². The summed E-state index contributed by atoms with van der Waals surface area (Å²) in [5.41, 5.74) is 2.63. The molecule has 2 N–H and O–H groups in total. The normalized spacial score (nSPS) is 10.0. The molecule has 2 aromatic rings. The molecule has 7 heteroatoms. The molecule has 0 saturated heterocycles. The second-order valence-electron chi connectivity index (χ2n) is 4.00. The quantitative estimate of drug-likeness (QED) is 0.475. The number of nitrogens with zero attached hydrogens (tertiary/aromatic N) is 2. The Balaban J connectivity index is 2.42. The van der Waals surface area contributed by atoms with E-state index in [1.165, 1.54) is 4.68 Å². The van der Waals surface area contributed by atoms with Gasteiger partial charge < -0.3 is 0 Å². The van der Waals surface area contributed by atoms with Crippen molar-refractivity contribution >= 4 is 11.6 Å². The Labute approximate surface area is 108 Å². The van der Waals surface area contributed by atoms with Gasteiger partial charge in [0.25, 0.3) is 0 Å². The molecule has 2 rings (SSSR count). The Morgan fingerprint density at radius 1 is 1.32 bits per heavy atom. The van der Waals surface area contributed by atoms with E-state index in [1.54, 1.807) is 38.1 Å². The molecule has 98 valence electrons. The van der Waals surface area contributed by atoms with Crippen LogP contribution in [0, 0.1) is 0 Å². The number of carbonyl (C=O) groups excluding carboxylic acids is 1. The molecule has 19 heavy (non-hydrogen) atoms. The zero-order chi connectivity index (χ0) is 13.8. The van der Waals surface area contributed by atoms with E-state index in [9.17, 15) is 9.59 Å². The number of aromatic amines is 1. The lowest BCUT2D eigenvalue weighted by Crippen LogP contribution is -2.43. The van der Waals surface area contributed by atoms with Crippen LogP contribution in [0.5, 0.6) is 0 Å². The number of para-hydroxylation sites is 1. The first-order chi connectivity index (χ1) is 9.09. The molecule has 0 bridgehead atoms.